The Bertz CT molecular complexity index is 952. The lowest BCUT2D eigenvalue weighted by Gasteiger charge is -2.54. The van der Waals surface area contributed by atoms with Gasteiger partial charge in [0.25, 0.3) is 0 Å². The zero-order valence-corrected chi connectivity index (χ0v) is 17.7. The third kappa shape index (κ3) is 4.17. The summed E-state index contributed by atoms with van der Waals surface area (Å²) in [5.41, 5.74) is -0.987. The van der Waals surface area contributed by atoms with Gasteiger partial charge in [-0.15, -0.1) is 0 Å². The summed E-state index contributed by atoms with van der Waals surface area (Å²) < 4.78 is 48.2. The van der Waals surface area contributed by atoms with Gasteiger partial charge in [-0.3, -0.25) is 4.90 Å². The fourth-order valence-corrected chi connectivity index (χ4v) is 5.07. The number of likely N-dealkylation sites (tertiary alicyclic amines) is 1. The van der Waals surface area contributed by atoms with E-state index in [1.807, 2.05) is 18.2 Å². The van der Waals surface area contributed by atoms with Crippen molar-refractivity contribution in [3.8, 4) is 6.07 Å². The zero-order chi connectivity index (χ0) is 22.1. The van der Waals surface area contributed by atoms with Crippen LogP contribution in [-0.2, 0) is 17.7 Å². The number of hydrogen-bond acceptors (Lipinski definition) is 4. The number of alkyl halides is 3. The van der Waals surface area contributed by atoms with Crippen LogP contribution < -0.4 is 0 Å². The van der Waals surface area contributed by atoms with Gasteiger partial charge in [-0.05, 0) is 55.1 Å². The van der Waals surface area contributed by atoms with Crippen LogP contribution in [0.1, 0.15) is 36.1 Å². The van der Waals surface area contributed by atoms with Gasteiger partial charge in [-0.1, -0.05) is 29.8 Å². The Kier molecular flexibility index (Phi) is 5.99. The minimum atomic E-state index is -4.43. The lowest BCUT2D eigenvalue weighted by Crippen LogP contribution is -2.67. The highest BCUT2D eigenvalue weighted by atomic mass is 35.5. The highest BCUT2D eigenvalue weighted by Gasteiger charge is 2.71. The van der Waals surface area contributed by atoms with Gasteiger partial charge in [0.15, 0.2) is 5.60 Å². The quantitative estimate of drug-likeness (QED) is 0.611. The summed E-state index contributed by atoms with van der Waals surface area (Å²) in [5, 5.41) is 9.54. The smallest absolute Gasteiger partial charge is 0.365 e. The Morgan fingerprint density at radius 3 is 2.39 bits per heavy atom. The maximum Gasteiger partial charge on any atom is 0.418 e. The number of hydrogen-bond donors (Lipinski definition) is 0. The van der Waals surface area contributed by atoms with E-state index in [1.165, 1.54) is 0 Å². The molecule has 0 aliphatic carbocycles. The Hall–Kier alpha value is -2.14. The predicted molar refractivity (Wildman–Crippen MR) is 110 cm³/mol. The number of nitriles is 1. The van der Waals surface area contributed by atoms with Gasteiger partial charge in [0.1, 0.15) is 11.8 Å². The van der Waals surface area contributed by atoms with Gasteiger partial charge < -0.3 is 4.74 Å². The minimum Gasteiger partial charge on any atom is -0.365 e. The van der Waals surface area contributed by atoms with E-state index in [-0.39, 0.29) is 13.0 Å². The van der Waals surface area contributed by atoms with Crippen LogP contribution in [0.2, 0.25) is 5.02 Å². The summed E-state index contributed by atoms with van der Waals surface area (Å²) in [5.74, 6) is 0. The van der Waals surface area contributed by atoms with Crippen molar-refractivity contribution in [2.24, 2.45) is 5.41 Å². The maximum atomic E-state index is 14.3. The van der Waals surface area contributed by atoms with Gasteiger partial charge in [0.05, 0.1) is 6.61 Å². The molecule has 4 rings (SSSR count). The first-order chi connectivity index (χ1) is 14.8. The third-order valence-electron chi connectivity index (χ3n) is 6.70. The molecule has 0 radical (unpaired) electrons. The zero-order valence-electron chi connectivity index (χ0n) is 17.0. The molecule has 164 valence electrons. The molecule has 1 aromatic heterocycles. The van der Waals surface area contributed by atoms with Crippen molar-refractivity contribution in [2.75, 3.05) is 19.7 Å². The average molecular weight is 450 g/mol. The number of benzene rings is 1. The van der Waals surface area contributed by atoms with E-state index in [2.05, 4.69) is 9.88 Å². The molecule has 2 aliphatic heterocycles. The molecule has 2 atom stereocenters. The third-order valence-corrected chi connectivity index (χ3v) is 6.95. The highest BCUT2D eigenvalue weighted by molar-refractivity contribution is 6.30. The molecular weight excluding hydrogens is 427 g/mol. The molecule has 2 fully saturated rings. The Morgan fingerprint density at radius 2 is 1.84 bits per heavy atom. The number of nitrogens with zero attached hydrogens (tertiary/aromatic N) is 3. The largest absolute Gasteiger partial charge is 0.418 e. The van der Waals surface area contributed by atoms with Crippen LogP contribution in [0.3, 0.4) is 0 Å². The molecule has 31 heavy (non-hydrogen) atoms. The van der Waals surface area contributed by atoms with Crippen molar-refractivity contribution in [3.05, 3.63) is 64.4 Å². The molecule has 0 spiro atoms. The van der Waals surface area contributed by atoms with Crippen molar-refractivity contribution in [2.45, 2.75) is 44.0 Å². The molecule has 0 bridgehead atoms. The van der Waals surface area contributed by atoms with E-state index in [1.54, 1.807) is 30.5 Å². The Morgan fingerprint density at radius 1 is 1.13 bits per heavy atom. The molecule has 4 nitrogen and oxygen atoms in total. The summed E-state index contributed by atoms with van der Waals surface area (Å²) in [6.07, 6.45) is -1.63. The van der Waals surface area contributed by atoms with Crippen LogP contribution >= 0.6 is 11.6 Å². The Labute approximate surface area is 184 Å². The summed E-state index contributed by atoms with van der Waals surface area (Å²) in [6, 6.07) is 12.7. The summed E-state index contributed by atoms with van der Waals surface area (Å²) in [4.78, 5) is 6.13. The van der Waals surface area contributed by atoms with E-state index in [4.69, 9.17) is 21.6 Å². The number of halogens is 4. The topological polar surface area (TPSA) is 49.1 Å². The monoisotopic (exact) mass is 449 g/mol. The van der Waals surface area contributed by atoms with E-state index in [0.717, 1.165) is 11.1 Å². The van der Waals surface area contributed by atoms with Gasteiger partial charge in [0, 0.05) is 36.1 Å². The lowest BCUT2D eigenvalue weighted by atomic mass is 9.63. The van der Waals surface area contributed by atoms with Crippen molar-refractivity contribution >= 4 is 11.6 Å². The molecular formula is C23H23ClF3N3O. The molecule has 2 aromatic rings. The van der Waals surface area contributed by atoms with Crippen molar-refractivity contribution < 1.29 is 17.9 Å². The van der Waals surface area contributed by atoms with Gasteiger partial charge in [0.2, 0.25) is 0 Å². The summed E-state index contributed by atoms with van der Waals surface area (Å²) in [7, 11) is 0. The minimum absolute atomic E-state index is 0.00307. The molecule has 2 aliphatic rings. The van der Waals surface area contributed by atoms with E-state index < -0.39 is 17.2 Å². The molecule has 0 unspecified atom stereocenters. The molecule has 3 heterocycles. The molecule has 0 amide bonds. The molecule has 2 saturated heterocycles. The van der Waals surface area contributed by atoms with Crippen LogP contribution in [-0.4, -0.2) is 41.4 Å². The maximum absolute atomic E-state index is 14.3. The summed E-state index contributed by atoms with van der Waals surface area (Å²) in [6.45, 7) is 1.61. The van der Waals surface area contributed by atoms with E-state index in [9.17, 15) is 13.2 Å². The predicted octanol–water partition coefficient (Wildman–Crippen LogP) is 5.15. The molecule has 0 saturated carbocycles. The van der Waals surface area contributed by atoms with Crippen molar-refractivity contribution in [1.82, 2.24) is 9.88 Å². The van der Waals surface area contributed by atoms with Crippen LogP contribution in [0.25, 0.3) is 0 Å². The van der Waals surface area contributed by atoms with Gasteiger partial charge in [-0.2, -0.15) is 18.4 Å². The van der Waals surface area contributed by atoms with E-state index >= 15 is 0 Å². The second-order valence-corrected chi connectivity index (χ2v) is 8.89. The molecule has 1 aromatic carbocycles. The van der Waals surface area contributed by atoms with Gasteiger partial charge >= 0.3 is 6.18 Å². The number of ether oxygens (including phenoxy) is 1. The fraction of sp³-hybridized carbons (Fsp3) is 0.478. The van der Waals surface area contributed by atoms with Crippen LogP contribution in [0.4, 0.5) is 13.2 Å². The van der Waals surface area contributed by atoms with Gasteiger partial charge in [-0.25, -0.2) is 4.98 Å². The first-order valence-corrected chi connectivity index (χ1v) is 10.7. The lowest BCUT2D eigenvalue weighted by molar-refractivity contribution is -0.366. The first-order valence-electron chi connectivity index (χ1n) is 10.3. The van der Waals surface area contributed by atoms with Crippen molar-refractivity contribution in [3.63, 3.8) is 0 Å². The summed E-state index contributed by atoms with van der Waals surface area (Å²) >= 11 is 5.95. The normalized spacial score (nSPS) is 26.4. The second kappa shape index (κ2) is 8.42. The number of rotatable bonds is 6. The van der Waals surface area contributed by atoms with Crippen molar-refractivity contribution in [1.29, 1.82) is 5.26 Å². The van der Waals surface area contributed by atoms with Crippen LogP contribution in [0.15, 0.2) is 42.6 Å². The molecule has 8 heteroatoms. The second-order valence-electron chi connectivity index (χ2n) is 8.45. The number of aryl methyl sites for hydroxylation is 1. The average Bonchev–Trinajstić information content (AvgIpc) is 3.10. The fourth-order valence-electron chi connectivity index (χ4n) is 4.95. The SMILES string of the molecule is N#Cc1ccc(CC[C@@]2([C@@]3(C(F)(F)F)CCO3)CCN(Cc3ccc(Cl)cc3)C2)cn1. The highest BCUT2D eigenvalue weighted by Crippen LogP contribution is 2.59. The van der Waals surface area contributed by atoms with E-state index in [0.29, 0.717) is 49.6 Å². The number of pyridine rings is 1. The number of aromatic nitrogens is 1. The first kappa shape index (κ1) is 22.1. The molecule has 0 N–H and O–H groups in total. The van der Waals surface area contributed by atoms with Crippen LogP contribution in [0.5, 0.6) is 0 Å². The standard InChI is InChI=1S/C23H23ClF3N3O/c24-19-4-1-18(2-5-19)15-30-11-9-21(16-30,22(10-12-31-22)23(25,26)27)8-7-17-3-6-20(13-28)29-14-17/h1-6,14H,7-12,15-16H2/t21-,22-/m1/s1. The van der Waals surface area contributed by atoms with Crippen LogP contribution in [0, 0.1) is 16.7 Å². The Balaban J connectivity index is 1.56.